The molecule has 1 rings (SSSR count). The quantitative estimate of drug-likeness (QED) is 0.702. The Labute approximate surface area is 143 Å². The summed E-state index contributed by atoms with van der Waals surface area (Å²) in [5.74, 6) is -0.311. The van der Waals surface area contributed by atoms with Crippen LogP contribution in [0.3, 0.4) is 0 Å². The van der Waals surface area contributed by atoms with Crippen molar-refractivity contribution < 1.29 is 13.2 Å². The molecule has 1 unspecified atom stereocenters. The molecule has 0 saturated heterocycles. The van der Waals surface area contributed by atoms with Crippen molar-refractivity contribution >= 4 is 28.3 Å². The van der Waals surface area contributed by atoms with Gasteiger partial charge >= 0.3 is 0 Å². The first kappa shape index (κ1) is 21.8. The van der Waals surface area contributed by atoms with Gasteiger partial charge in [0.05, 0.1) is 12.2 Å². The van der Waals surface area contributed by atoms with Gasteiger partial charge in [0, 0.05) is 26.8 Å². The van der Waals surface area contributed by atoms with Crippen LogP contribution in [0.15, 0.2) is 17.3 Å². The minimum atomic E-state index is -3.77. The fraction of sp³-hybridized carbons (Fsp3) is 0.692. The Kier molecular flexibility index (Phi) is 7.68. The molecule has 134 valence electrons. The van der Waals surface area contributed by atoms with E-state index in [1.165, 1.54) is 28.9 Å². The van der Waals surface area contributed by atoms with Crippen LogP contribution in [0.1, 0.15) is 20.8 Å². The number of rotatable bonds is 7. The van der Waals surface area contributed by atoms with E-state index in [1.807, 2.05) is 13.8 Å². The number of carbonyl (C=O) groups is 1. The molecule has 0 aromatic carbocycles. The van der Waals surface area contributed by atoms with Gasteiger partial charge in [0.2, 0.25) is 15.9 Å². The SMILES string of the molecule is CC(NS(=O)(=O)c1cnn(C)c1)C(=O)N(C)CC(C)(C)CN.Cl. The van der Waals surface area contributed by atoms with Gasteiger partial charge < -0.3 is 10.6 Å². The number of aromatic nitrogens is 2. The molecule has 0 aliphatic heterocycles. The minimum Gasteiger partial charge on any atom is -0.344 e. The number of likely N-dealkylation sites (N-methyl/N-ethyl adjacent to an activating group) is 1. The molecule has 1 aromatic heterocycles. The number of nitrogens with two attached hydrogens (primary N) is 1. The molecular formula is C13H26ClN5O3S. The normalized spacial score (nSPS) is 13.3. The van der Waals surface area contributed by atoms with E-state index in [4.69, 9.17) is 5.73 Å². The highest BCUT2D eigenvalue weighted by Gasteiger charge is 2.28. The summed E-state index contributed by atoms with van der Waals surface area (Å²) in [7, 11) is -0.517. The number of amides is 1. The van der Waals surface area contributed by atoms with Crippen molar-refractivity contribution in [3.8, 4) is 0 Å². The van der Waals surface area contributed by atoms with Crippen LogP contribution < -0.4 is 10.5 Å². The third-order valence-electron chi connectivity index (χ3n) is 3.29. The Morgan fingerprint density at radius 2 is 2.09 bits per heavy atom. The van der Waals surface area contributed by atoms with Crippen LogP contribution in [-0.4, -0.2) is 55.2 Å². The van der Waals surface area contributed by atoms with Crippen LogP contribution in [0.2, 0.25) is 0 Å². The van der Waals surface area contributed by atoms with E-state index in [-0.39, 0.29) is 28.6 Å². The standard InChI is InChI=1S/C13H25N5O3S.ClH/c1-10(12(19)17(4)9-13(2,3)8-14)16-22(20,21)11-6-15-18(5)7-11;/h6-7,10,16H,8-9,14H2,1-5H3;1H. The molecule has 8 nitrogen and oxygen atoms in total. The van der Waals surface area contributed by atoms with Crippen LogP contribution >= 0.6 is 12.4 Å². The molecule has 1 heterocycles. The maximum Gasteiger partial charge on any atom is 0.244 e. The van der Waals surface area contributed by atoms with Gasteiger partial charge in [-0.25, -0.2) is 8.42 Å². The summed E-state index contributed by atoms with van der Waals surface area (Å²) in [6.07, 6.45) is 2.61. The zero-order valence-corrected chi connectivity index (χ0v) is 15.7. The predicted octanol–water partition coefficient (Wildman–Crippen LogP) is -0.0480. The van der Waals surface area contributed by atoms with E-state index in [2.05, 4.69) is 9.82 Å². The van der Waals surface area contributed by atoms with Gasteiger partial charge in [-0.2, -0.15) is 9.82 Å². The predicted molar refractivity (Wildman–Crippen MR) is 90.7 cm³/mol. The third kappa shape index (κ3) is 6.09. The summed E-state index contributed by atoms with van der Waals surface area (Å²) in [6.45, 7) is 6.28. The summed E-state index contributed by atoms with van der Waals surface area (Å²) in [5, 5.41) is 3.82. The molecule has 0 bridgehead atoms. The number of aryl methyl sites for hydroxylation is 1. The van der Waals surface area contributed by atoms with E-state index in [0.29, 0.717) is 13.1 Å². The molecule has 23 heavy (non-hydrogen) atoms. The average molecular weight is 368 g/mol. The topological polar surface area (TPSA) is 110 Å². The van der Waals surface area contributed by atoms with Gasteiger partial charge in [-0.05, 0) is 18.9 Å². The first-order valence-electron chi connectivity index (χ1n) is 6.94. The summed E-state index contributed by atoms with van der Waals surface area (Å²) in [5.41, 5.74) is 5.42. The highest BCUT2D eigenvalue weighted by molar-refractivity contribution is 7.89. The van der Waals surface area contributed by atoms with Crippen molar-refractivity contribution in [3.05, 3.63) is 12.4 Å². The van der Waals surface area contributed by atoms with E-state index in [0.717, 1.165) is 0 Å². The van der Waals surface area contributed by atoms with Gasteiger partial charge in [0.15, 0.2) is 0 Å². The molecule has 1 atom stereocenters. The molecule has 0 radical (unpaired) electrons. The Morgan fingerprint density at radius 3 is 2.52 bits per heavy atom. The molecule has 1 amide bonds. The monoisotopic (exact) mass is 367 g/mol. The molecule has 3 N–H and O–H groups in total. The molecule has 0 aliphatic carbocycles. The van der Waals surface area contributed by atoms with E-state index >= 15 is 0 Å². The van der Waals surface area contributed by atoms with E-state index in [1.54, 1.807) is 14.1 Å². The van der Waals surface area contributed by atoms with Gasteiger partial charge in [-0.3, -0.25) is 9.48 Å². The van der Waals surface area contributed by atoms with Crippen LogP contribution in [0.25, 0.3) is 0 Å². The first-order valence-corrected chi connectivity index (χ1v) is 8.43. The maximum atomic E-state index is 12.3. The molecule has 10 heteroatoms. The van der Waals surface area contributed by atoms with Crippen molar-refractivity contribution in [1.82, 2.24) is 19.4 Å². The Hall–Kier alpha value is -1.16. The number of nitrogens with one attached hydrogen (secondary N) is 1. The van der Waals surface area contributed by atoms with Crippen molar-refractivity contribution in [3.63, 3.8) is 0 Å². The first-order chi connectivity index (χ1) is 9.98. The molecule has 0 fully saturated rings. The van der Waals surface area contributed by atoms with Crippen LogP contribution in [0.4, 0.5) is 0 Å². The van der Waals surface area contributed by atoms with Gasteiger partial charge in [0.1, 0.15) is 4.90 Å². The molecule has 1 aromatic rings. The van der Waals surface area contributed by atoms with Gasteiger partial charge in [-0.1, -0.05) is 13.8 Å². The van der Waals surface area contributed by atoms with Crippen molar-refractivity contribution in [2.45, 2.75) is 31.7 Å². The van der Waals surface area contributed by atoms with Crippen LogP contribution in [0, 0.1) is 5.41 Å². The Balaban J connectivity index is 0.00000484. The lowest BCUT2D eigenvalue weighted by Gasteiger charge is -2.30. The number of hydrogen-bond donors (Lipinski definition) is 2. The fourth-order valence-corrected chi connectivity index (χ4v) is 3.18. The molecule has 0 saturated carbocycles. The van der Waals surface area contributed by atoms with Crippen LogP contribution in [-0.2, 0) is 21.9 Å². The molecule has 0 aliphatic rings. The molecule has 0 spiro atoms. The zero-order valence-electron chi connectivity index (χ0n) is 14.1. The largest absolute Gasteiger partial charge is 0.344 e. The number of halogens is 1. The lowest BCUT2D eigenvalue weighted by atomic mass is 9.93. The second-order valence-electron chi connectivity index (χ2n) is 6.26. The Bertz CT molecular complexity index is 629. The maximum absolute atomic E-state index is 12.3. The number of hydrogen-bond acceptors (Lipinski definition) is 5. The zero-order chi connectivity index (χ0) is 17.1. The third-order valence-corrected chi connectivity index (χ3v) is 4.78. The average Bonchev–Trinajstić information content (AvgIpc) is 2.84. The highest BCUT2D eigenvalue weighted by atomic mass is 35.5. The Morgan fingerprint density at radius 1 is 1.52 bits per heavy atom. The summed E-state index contributed by atoms with van der Waals surface area (Å²) in [4.78, 5) is 13.8. The highest BCUT2D eigenvalue weighted by Crippen LogP contribution is 2.15. The lowest BCUT2D eigenvalue weighted by molar-refractivity contribution is -0.132. The van der Waals surface area contributed by atoms with Crippen molar-refractivity contribution in [2.24, 2.45) is 18.2 Å². The summed E-state index contributed by atoms with van der Waals surface area (Å²) < 4.78 is 28.1. The van der Waals surface area contributed by atoms with Gasteiger partial charge in [0.25, 0.3) is 0 Å². The van der Waals surface area contributed by atoms with E-state index in [9.17, 15) is 13.2 Å². The van der Waals surface area contributed by atoms with Gasteiger partial charge in [-0.15, -0.1) is 12.4 Å². The van der Waals surface area contributed by atoms with Crippen molar-refractivity contribution in [2.75, 3.05) is 20.1 Å². The fourth-order valence-electron chi connectivity index (χ4n) is 2.00. The van der Waals surface area contributed by atoms with Crippen molar-refractivity contribution in [1.29, 1.82) is 0 Å². The number of nitrogens with zero attached hydrogens (tertiary/aromatic N) is 3. The molecular weight excluding hydrogens is 342 g/mol. The summed E-state index contributed by atoms with van der Waals surface area (Å²) >= 11 is 0. The summed E-state index contributed by atoms with van der Waals surface area (Å²) in [6, 6.07) is -0.871. The minimum absolute atomic E-state index is 0. The second-order valence-corrected chi connectivity index (χ2v) is 7.97. The number of carbonyl (C=O) groups excluding carboxylic acids is 1. The number of sulfonamides is 1. The smallest absolute Gasteiger partial charge is 0.244 e. The lowest BCUT2D eigenvalue weighted by Crippen LogP contribution is -2.48. The second kappa shape index (κ2) is 8.09. The van der Waals surface area contributed by atoms with E-state index < -0.39 is 16.1 Å². The van der Waals surface area contributed by atoms with Crippen LogP contribution in [0.5, 0.6) is 0 Å².